The fraction of sp³-hybridized carbons (Fsp3) is 0.786. The highest BCUT2D eigenvalue weighted by molar-refractivity contribution is 5.09. The van der Waals surface area contributed by atoms with Gasteiger partial charge in [0.05, 0.1) is 17.8 Å². The van der Waals surface area contributed by atoms with Crippen molar-refractivity contribution in [3.63, 3.8) is 0 Å². The molecule has 0 radical (unpaired) electrons. The molecule has 2 aliphatic rings. The zero-order valence-corrected chi connectivity index (χ0v) is 11.4. The Hall–Kier alpha value is -0.870. The van der Waals surface area contributed by atoms with Crippen molar-refractivity contribution < 1.29 is 4.74 Å². The molecule has 0 aliphatic carbocycles. The van der Waals surface area contributed by atoms with Crippen LogP contribution in [-0.4, -0.2) is 47.0 Å². The maximum absolute atomic E-state index is 5.79. The third kappa shape index (κ3) is 2.45. The number of hydrogen-bond acceptors (Lipinski definition) is 3. The predicted molar refractivity (Wildman–Crippen MR) is 70.8 cm³/mol. The first-order valence-electron chi connectivity index (χ1n) is 7.09. The molecule has 0 unspecified atom stereocenters. The van der Waals surface area contributed by atoms with E-state index in [1.807, 2.05) is 0 Å². The summed E-state index contributed by atoms with van der Waals surface area (Å²) in [6.45, 7) is 8.53. The minimum absolute atomic E-state index is 0.472. The van der Waals surface area contributed by atoms with Gasteiger partial charge in [-0.3, -0.25) is 9.58 Å². The molecule has 3 rings (SSSR count). The van der Waals surface area contributed by atoms with Crippen LogP contribution in [0.2, 0.25) is 0 Å². The summed E-state index contributed by atoms with van der Waals surface area (Å²) in [5.74, 6) is 0. The molecular formula is C14H23N3O. The Morgan fingerprint density at radius 1 is 1.33 bits per heavy atom. The van der Waals surface area contributed by atoms with E-state index in [0.29, 0.717) is 12.1 Å². The zero-order chi connectivity index (χ0) is 12.5. The Labute approximate surface area is 109 Å². The molecular weight excluding hydrogens is 226 g/mol. The van der Waals surface area contributed by atoms with Crippen molar-refractivity contribution in [3.05, 3.63) is 17.5 Å². The second-order valence-corrected chi connectivity index (χ2v) is 5.73. The largest absolute Gasteiger partial charge is 0.377 e. The van der Waals surface area contributed by atoms with Gasteiger partial charge in [0.1, 0.15) is 0 Å². The van der Waals surface area contributed by atoms with Gasteiger partial charge in [-0.05, 0) is 39.2 Å². The quantitative estimate of drug-likeness (QED) is 0.820. The van der Waals surface area contributed by atoms with Crippen molar-refractivity contribution in [1.82, 2.24) is 14.7 Å². The first-order chi connectivity index (χ1) is 8.72. The van der Waals surface area contributed by atoms with Crippen LogP contribution in [0.5, 0.6) is 0 Å². The molecule has 3 heterocycles. The third-order valence-corrected chi connectivity index (χ3v) is 4.06. The van der Waals surface area contributed by atoms with Crippen molar-refractivity contribution in [1.29, 1.82) is 0 Å². The minimum Gasteiger partial charge on any atom is -0.377 e. The fourth-order valence-corrected chi connectivity index (χ4v) is 3.10. The first kappa shape index (κ1) is 12.2. The van der Waals surface area contributed by atoms with Gasteiger partial charge >= 0.3 is 0 Å². The summed E-state index contributed by atoms with van der Waals surface area (Å²) in [7, 11) is 0. The lowest BCUT2D eigenvalue weighted by molar-refractivity contribution is -0.0290. The average Bonchev–Trinajstić information content (AvgIpc) is 2.64. The number of hydrogen-bond donors (Lipinski definition) is 0. The van der Waals surface area contributed by atoms with E-state index in [-0.39, 0.29) is 0 Å². The number of ether oxygens (including phenoxy) is 1. The molecule has 1 atom stereocenters. The van der Waals surface area contributed by atoms with Gasteiger partial charge in [0.25, 0.3) is 0 Å². The Morgan fingerprint density at radius 2 is 2.17 bits per heavy atom. The van der Waals surface area contributed by atoms with Gasteiger partial charge in [0.15, 0.2) is 0 Å². The minimum atomic E-state index is 0.472. The molecule has 1 aromatic rings. The SMILES string of the molecule is Cc1cc(C)n(C2CN(C[C@@H]3CCCCO3)C2)n1. The van der Waals surface area contributed by atoms with Crippen LogP contribution in [0.3, 0.4) is 0 Å². The van der Waals surface area contributed by atoms with E-state index >= 15 is 0 Å². The summed E-state index contributed by atoms with van der Waals surface area (Å²) in [6, 6.07) is 2.73. The normalized spacial score (nSPS) is 26.2. The van der Waals surface area contributed by atoms with Crippen LogP contribution >= 0.6 is 0 Å². The van der Waals surface area contributed by atoms with Crippen LogP contribution in [0.1, 0.15) is 36.7 Å². The summed E-state index contributed by atoms with van der Waals surface area (Å²) < 4.78 is 7.98. The number of aromatic nitrogens is 2. The molecule has 2 fully saturated rings. The fourth-order valence-electron chi connectivity index (χ4n) is 3.10. The van der Waals surface area contributed by atoms with Gasteiger partial charge in [-0.1, -0.05) is 0 Å². The van der Waals surface area contributed by atoms with E-state index in [1.165, 1.54) is 25.0 Å². The number of rotatable bonds is 3. The lowest BCUT2D eigenvalue weighted by atomic mass is 10.0. The molecule has 0 saturated carbocycles. The molecule has 0 aromatic carbocycles. The van der Waals surface area contributed by atoms with Gasteiger partial charge in [-0.15, -0.1) is 0 Å². The molecule has 2 saturated heterocycles. The average molecular weight is 249 g/mol. The van der Waals surface area contributed by atoms with Gasteiger partial charge in [0, 0.05) is 31.9 Å². The summed E-state index contributed by atoms with van der Waals surface area (Å²) in [6.07, 6.45) is 4.28. The van der Waals surface area contributed by atoms with E-state index in [4.69, 9.17) is 4.74 Å². The smallest absolute Gasteiger partial charge is 0.0775 e. The van der Waals surface area contributed by atoms with Crippen LogP contribution in [-0.2, 0) is 4.74 Å². The highest BCUT2D eigenvalue weighted by Crippen LogP contribution is 2.24. The monoisotopic (exact) mass is 249 g/mol. The standard InChI is InChI=1S/C14H23N3O/c1-11-7-12(2)17(15-11)13-8-16(9-13)10-14-5-3-4-6-18-14/h7,13-14H,3-6,8-10H2,1-2H3/t14-/m0/s1. The second-order valence-electron chi connectivity index (χ2n) is 5.73. The van der Waals surface area contributed by atoms with Crippen LogP contribution in [0.15, 0.2) is 6.07 Å². The van der Waals surface area contributed by atoms with Crippen molar-refractivity contribution in [2.45, 2.75) is 45.3 Å². The van der Waals surface area contributed by atoms with Crippen LogP contribution in [0, 0.1) is 13.8 Å². The number of nitrogens with zero attached hydrogens (tertiary/aromatic N) is 3. The summed E-state index contributed by atoms with van der Waals surface area (Å²) in [4.78, 5) is 2.50. The lowest BCUT2D eigenvalue weighted by Gasteiger charge is -2.42. The molecule has 0 amide bonds. The second kappa shape index (κ2) is 5.02. The lowest BCUT2D eigenvalue weighted by Crippen LogP contribution is -2.51. The molecule has 2 aliphatic heterocycles. The maximum Gasteiger partial charge on any atom is 0.0775 e. The summed E-state index contributed by atoms with van der Waals surface area (Å²) in [5.41, 5.74) is 2.41. The Kier molecular flexibility index (Phi) is 3.39. The van der Waals surface area contributed by atoms with Crippen molar-refractivity contribution in [3.8, 4) is 0 Å². The van der Waals surface area contributed by atoms with Gasteiger partial charge in [-0.2, -0.15) is 5.10 Å². The topological polar surface area (TPSA) is 30.3 Å². The first-order valence-corrected chi connectivity index (χ1v) is 7.09. The number of aryl methyl sites for hydroxylation is 2. The van der Waals surface area contributed by atoms with Gasteiger partial charge < -0.3 is 4.74 Å². The molecule has 0 bridgehead atoms. The highest BCUT2D eigenvalue weighted by atomic mass is 16.5. The molecule has 0 N–H and O–H groups in total. The molecule has 18 heavy (non-hydrogen) atoms. The van der Waals surface area contributed by atoms with Crippen molar-refractivity contribution in [2.24, 2.45) is 0 Å². The highest BCUT2D eigenvalue weighted by Gasteiger charge is 2.31. The van der Waals surface area contributed by atoms with Crippen LogP contribution < -0.4 is 0 Å². The zero-order valence-electron chi connectivity index (χ0n) is 11.4. The Balaban J connectivity index is 1.49. The van der Waals surface area contributed by atoms with Crippen molar-refractivity contribution >= 4 is 0 Å². The predicted octanol–water partition coefficient (Wildman–Crippen LogP) is 1.93. The number of likely N-dealkylation sites (tertiary alicyclic amines) is 1. The third-order valence-electron chi connectivity index (χ3n) is 4.06. The molecule has 100 valence electrons. The van der Waals surface area contributed by atoms with E-state index in [9.17, 15) is 0 Å². The molecule has 4 nitrogen and oxygen atoms in total. The van der Waals surface area contributed by atoms with Crippen LogP contribution in [0.4, 0.5) is 0 Å². The van der Waals surface area contributed by atoms with E-state index < -0.39 is 0 Å². The van der Waals surface area contributed by atoms with E-state index in [0.717, 1.165) is 31.9 Å². The van der Waals surface area contributed by atoms with Gasteiger partial charge in [-0.25, -0.2) is 0 Å². The molecule has 1 aromatic heterocycles. The van der Waals surface area contributed by atoms with E-state index in [2.05, 4.69) is 34.6 Å². The van der Waals surface area contributed by atoms with Crippen LogP contribution in [0.25, 0.3) is 0 Å². The summed E-state index contributed by atoms with van der Waals surface area (Å²) in [5, 5.41) is 4.57. The Morgan fingerprint density at radius 3 is 2.78 bits per heavy atom. The van der Waals surface area contributed by atoms with Crippen molar-refractivity contribution in [2.75, 3.05) is 26.2 Å². The molecule has 4 heteroatoms. The summed E-state index contributed by atoms with van der Waals surface area (Å²) >= 11 is 0. The Bertz CT molecular complexity index is 403. The van der Waals surface area contributed by atoms with E-state index in [1.54, 1.807) is 0 Å². The maximum atomic E-state index is 5.79. The van der Waals surface area contributed by atoms with Gasteiger partial charge in [0.2, 0.25) is 0 Å². The molecule has 0 spiro atoms.